The van der Waals surface area contributed by atoms with Crippen LogP contribution in [0, 0.1) is 0 Å². The molecule has 0 aliphatic rings. The van der Waals surface area contributed by atoms with E-state index in [9.17, 15) is 74.6 Å². The van der Waals surface area contributed by atoms with Crippen molar-refractivity contribution < 1.29 is 79.4 Å². The fourth-order valence-electron chi connectivity index (χ4n) is 1.47. The number of halogens is 17. The summed E-state index contributed by atoms with van der Waals surface area (Å²) >= 11 is 0. The van der Waals surface area contributed by atoms with E-state index in [1.807, 2.05) is 0 Å². The van der Waals surface area contributed by atoms with Gasteiger partial charge in [0.1, 0.15) is 0 Å². The molecule has 0 atom stereocenters. The van der Waals surface area contributed by atoms with Gasteiger partial charge in [0.25, 0.3) is 0 Å². The average Bonchev–Trinajstić information content (AvgIpc) is 2.51. The summed E-state index contributed by atoms with van der Waals surface area (Å²) in [6, 6.07) is 0. The number of ether oxygens (including phenoxy) is 1. The molecule has 0 heterocycles. The summed E-state index contributed by atoms with van der Waals surface area (Å²) < 4.78 is 222. The second-order valence-corrected chi connectivity index (χ2v) is 5.46. The van der Waals surface area contributed by atoms with Gasteiger partial charge in [0.05, 0.1) is 5.76 Å². The minimum absolute atomic E-state index is 0.789. The fourth-order valence-corrected chi connectivity index (χ4v) is 1.47. The van der Waals surface area contributed by atoms with E-state index in [0.717, 1.165) is 6.92 Å². The summed E-state index contributed by atoms with van der Waals surface area (Å²) in [5.41, 5.74) is 0. The van der Waals surface area contributed by atoms with Gasteiger partial charge in [0.2, 0.25) is 0 Å². The van der Waals surface area contributed by atoms with Gasteiger partial charge in [-0.3, -0.25) is 0 Å². The average molecular weight is 490 g/mol. The van der Waals surface area contributed by atoms with Gasteiger partial charge in [-0.2, -0.15) is 74.6 Å². The van der Waals surface area contributed by atoms with E-state index >= 15 is 0 Å². The van der Waals surface area contributed by atoms with Gasteiger partial charge in [0, 0.05) is 6.42 Å². The van der Waals surface area contributed by atoms with E-state index in [4.69, 9.17) is 0 Å². The number of allylic oxidation sites excluding steroid dienone is 1. The standard InChI is InChI=1S/C12H7F17O/c1-3-4(2)30-12(28,29)10(23,24)8(19,20)6(15,16)5(13,14)7(17,18)9(21,22)11(25,26)27/h2-3H2,1H3. The SMILES string of the molecule is C=C(CC)OC(F)(F)C(F)(F)C(F)(F)C(F)(F)C(F)(F)C(F)(F)C(F)(F)C(F)(F)F. The van der Waals surface area contributed by atoms with Crippen molar-refractivity contribution in [1.29, 1.82) is 0 Å². The van der Waals surface area contributed by atoms with Gasteiger partial charge in [0.15, 0.2) is 0 Å². The first-order chi connectivity index (χ1) is 12.7. The molecule has 0 aromatic carbocycles. The number of hydrogen-bond acceptors (Lipinski definition) is 1. The molecule has 0 rings (SSSR count). The van der Waals surface area contributed by atoms with Gasteiger partial charge in [-0.15, -0.1) is 0 Å². The van der Waals surface area contributed by atoms with Crippen LogP contribution in [0.5, 0.6) is 0 Å². The molecule has 0 fully saturated rings. The first-order valence-corrected chi connectivity index (χ1v) is 6.79. The van der Waals surface area contributed by atoms with E-state index in [2.05, 4.69) is 11.3 Å². The highest BCUT2D eigenvalue weighted by Crippen LogP contribution is 2.64. The van der Waals surface area contributed by atoms with Crippen LogP contribution in [0.4, 0.5) is 74.6 Å². The van der Waals surface area contributed by atoms with E-state index in [-0.39, 0.29) is 0 Å². The predicted molar refractivity (Wildman–Crippen MR) is 61.2 cm³/mol. The highest BCUT2D eigenvalue weighted by atomic mass is 19.4. The Morgan fingerprint density at radius 1 is 0.533 bits per heavy atom. The van der Waals surface area contributed by atoms with Crippen LogP contribution in [-0.2, 0) is 4.74 Å². The Labute approximate surface area is 154 Å². The maximum atomic E-state index is 13.3. The van der Waals surface area contributed by atoms with Gasteiger partial charge >= 0.3 is 47.8 Å². The van der Waals surface area contributed by atoms with Crippen LogP contribution in [0.3, 0.4) is 0 Å². The minimum Gasteiger partial charge on any atom is -0.433 e. The number of alkyl halides is 17. The van der Waals surface area contributed by atoms with E-state index in [1.165, 1.54) is 0 Å². The first-order valence-electron chi connectivity index (χ1n) is 6.79. The molecule has 0 saturated carbocycles. The lowest BCUT2D eigenvalue weighted by atomic mass is 9.90. The number of rotatable bonds is 9. The Morgan fingerprint density at radius 2 is 0.800 bits per heavy atom. The summed E-state index contributed by atoms with van der Waals surface area (Å²) in [7, 11) is 0. The third-order valence-corrected chi connectivity index (χ3v) is 3.36. The second-order valence-electron chi connectivity index (χ2n) is 5.46. The molecule has 30 heavy (non-hydrogen) atoms. The van der Waals surface area contributed by atoms with Crippen LogP contribution in [-0.4, -0.2) is 47.8 Å². The third-order valence-electron chi connectivity index (χ3n) is 3.36. The van der Waals surface area contributed by atoms with Gasteiger partial charge in [-0.05, 0) is 0 Å². The van der Waals surface area contributed by atoms with E-state index < -0.39 is 60.0 Å². The molecule has 0 aliphatic heterocycles. The molecule has 0 unspecified atom stereocenters. The summed E-state index contributed by atoms with van der Waals surface area (Å²) in [6.45, 7) is 3.19. The third kappa shape index (κ3) is 3.62. The quantitative estimate of drug-likeness (QED) is 0.253. The zero-order chi connectivity index (χ0) is 25.0. The molecular formula is C12H7F17O. The van der Waals surface area contributed by atoms with Crippen LogP contribution < -0.4 is 0 Å². The Bertz CT molecular complexity index is 644. The molecule has 0 aromatic rings. The van der Waals surface area contributed by atoms with Gasteiger partial charge in [-0.25, -0.2) is 0 Å². The van der Waals surface area contributed by atoms with Crippen molar-refractivity contribution in [2.75, 3.05) is 0 Å². The lowest BCUT2D eigenvalue weighted by molar-refractivity contribution is -0.475. The maximum absolute atomic E-state index is 13.3. The summed E-state index contributed by atoms with van der Waals surface area (Å²) in [5.74, 6) is -51.7. The van der Waals surface area contributed by atoms with E-state index in [0.29, 0.717) is 0 Å². The molecule has 180 valence electrons. The lowest BCUT2D eigenvalue weighted by Gasteiger charge is -2.42. The minimum atomic E-state index is -8.65. The molecule has 0 aliphatic carbocycles. The molecule has 0 spiro atoms. The van der Waals surface area contributed by atoms with E-state index in [1.54, 1.807) is 0 Å². The maximum Gasteiger partial charge on any atom is 0.470 e. The van der Waals surface area contributed by atoms with Crippen molar-refractivity contribution in [3.05, 3.63) is 12.3 Å². The van der Waals surface area contributed by atoms with Crippen LogP contribution in [0.25, 0.3) is 0 Å². The topological polar surface area (TPSA) is 9.23 Å². The number of hydrogen-bond donors (Lipinski definition) is 0. The molecular weight excluding hydrogens is 483 g/mol. The molecule has 0 amide bonds. The van der Waals surface area contributed by atoms with Gasteiger partial charge in [-0.1, -0.05) is 13.5 Å². The zero-order valence-corrected chi connectivity index (χ0v) is 13.7. The molecule has 0 N–H and O–H groups in total. The largest absolute Gasteiger partial charge is 0.470 e. The zero-order valence-electron chi connectivity index (χ0n) is 13.7. The van der Waals surface area contributed by atoms with Crippen LogP contribution in [0.2, 0.25) is 0 Å². The van der Waals surface area contributed by atoms with Gasteiger partial charge < -0.3 is 4.74 Å². The summed E-state index contributed by atoms with van der Waals surface area (Å²) in [6.07, 6.45) is -15.6. The van der Waals surface area contributed by atoms with Crippen LogP contribution >= 0.6 is 0 Å². The molecule has 0 bridgehead atoms. The molecule has 18 heteroatoms. The Balaban J connectivity index is 6.66. The fraction of sp³-hybridized carbons (Fsp3) is 0.833. The van der Waals surface area contributed by atoms with Crippen LogP contribution in [0.15, 0.2) is 12.3 Å². The lowest BCUT2D eigenvalue weighted by Crippen LogP contribution is -2.74. The smallest absolute Gasteiger partial charge is 0.433 e. The Morgan fingerprint density at radius 3 is 1.07 bits per heavy atom. The van der Waals surface area contributed by atoms with Crippen molar-refractivity contribution in [2.45, 2.75) is 61.2 Å². The van der Waals surface area contributed by atoms with Crippen LogP contribution in [0.1, 0.15) is 13.3 Å². The Hall–Kier alpha value is -1.65. The molecule has 0 aromatic heterocycles. The van der Waals surface area contributed by atoms with Crippen molar-refractivity contribution in [3.8, 4) is 0 Å². The predicted octanol–water partition coefficient (Wildman–Crippen LogP) is 6.89. The highest BCUT2D eigenvalue weighted by Gasteiger charge is 2.95. The van der Waals surface area contributed by atoms with Crippen molar-refractivity contribution in [1.82, 2.24) is 0 Å². The molecule has 0 saturated heterocycles. The molecule has 1 nitrogen and oxygen atoms in total. The normalized spacial score (nSPS) is 15.9. The summed E-state index contributed by atoms with van der Waals surface area (Å²) in [5, 5.41) is 0. The molecule has 0 radical (unpaired) electrons. The first kappa shape index (κ1) is 28.3. The second kappa shape index (κ2) is 7.20. The summed E-state index contributed by atoms with van der Waals surface area (Å²) in [4.78, 5) is 0. The highest BCUT2D eigenvalue weighted by molar-refractivity contribution is 5.14. The van der Waals surface area contributed by atoms with Crippen molar-refractivity contribution >= 4 is 0 Å². The van der Waals surface area contributed by atoms with Crippen molar-refractivity contribution in [2.24, 2.45) is 0 Å². The van der Waals surface area contributed by atoms with Crippen molar-refractivity contribution in [3.63, 3.8) is 0 Å². The Kier molecular flexibility index (Phi) is 6.81. The monoisotopic (exact) mass is 490 g/mol.